The third kappa shape index (κ3) is 3.15. The van der Waals surface area contributed by atoms with Crippen LogP contribution in [0.1, 0.15) is 5.56 Å². The van der Waals surface area contributed by atoms with E-state index >= 15 is 0 Å². The number of aromatic hydroxyl groups is 1. The van der Waals surface area contributed by atoms with Crippen molar-refractivity contribution in [1.29, 1.82) is 0 Å². The standard InChI is InChI=1S/C23H17N5O3S/c24-22-21(32(30,31)16-9-2-1-3-10-16)20-23(27-18-12-6-5-11-17(18)26-20)28(22)25-14-15-8-4-7-13-19(15)29/h1-14,29H,24H2/b25-14+. The molecule has 0 aliphatic carbocycles. The first kappa shape index (κ1) is 19.7. The summed E-state index contributed by atoms with van der Waals surface area (Å²) in [6.07, 6.45) is 1.39. The molecule has 0 radical (unpaired) electrons. The predicted octanol–water partition coefficient (Wildman–Crippen LogP) is 3.59. The second-order valence-electron chi connectivity index (χ2n) is 7.03. The van der Waals surface area contributed by atoms with E-state index in [4.69, 9.17) is 5.73 Å². The number of nitrogen functional groups attached to an aromatic ring is 1. The van der Waals surface area contributed by atoms with E-state index in [9.17, 15) is 13.5 Å². The van der Waals surface area contributed by atoms with Crippen molar-refractivity contribution < 1.29 is 13.5 Å². The summed E-state index contributed by atoms with van der Waals surface area (Å²) in [7, 11) is -4.01. The molecule has 0 spiro atoms. The van der Waals surface area contributed by atoms with Gasteiger partial charge < -0.3 is 10.8 Å². The molecule has 0 fully saturated rings. The van der Waals surface area contributed by atoms with E-state index in [1.54, 1.807) is 54.6 Å². The van der Waals surface area contributed by atoms with E-state index in [0.717, 1.165) is 0 Å². The maximum atomic E-state index is 13.5. The Morgan fingerprint density at radius 3 is 2.22 bits per heavy atom. The molecule has 0 bridgehead atoms. The SMILES string of the molecule is Nc1c(S(=O)(=O)c2ccccc2)c2nc3ccccc3nc2n1/N=C/c1ccccc1O. The van der Waals surface area contributed by atoms with Crippen LogP contribution < -0.4 is 5.73 Å². The summed E-state index contributed by atoms with van der Waals surface area (Å²) in [6, 6.07) is 21.8. The summed E-state index contributed by atoms with van der Waals surface area (Å²) in [6.45, 7) is 0. The first-order chi connectivity index (χ1) is 15.5. The number of fused-ring (bicyclic) bond motifs is 2. The molecule has 2 aromatic heterocycles. The van der Waals surface area contributed by atoms with Crippen molar-refractivity contribution in [3.05, 3.63) is 84.4 Å². The van der Waals surface area contributed by atoms with Gasteiger partial charge in [-0.1, -0.05) is 42.5 Å². The van der Waals surface area contributed by atoms with E-state index in [1.807, 2.05) is 6.07 Å². The lowest BCUT2D eigenvalue weighted by molar-refractivity contribution is 0.474. The van der Waals surface area contributed by atoms with Gasteiger partial charge in [0.05, 0.1) is 22.1 Å². The van der Waals surface area contributed by atoms with Crippen LogP contribution in [0.15, 0.2) is 93.8 Å². The molecule has 0 atom stereocenters. The lowest BCUT2D eigenvalue weighted by Gasteiger charge is -2.04. The number of aromatic nitrogens is 3. The Kier molecular flexibility index (Phi) is 4.60. The first-order valence-electron chi connectivity index (χ1n) is 9.66. The number of nitrogens with two attached hydrogens (primary N) is 1. The summed E-state index contributed by atoms with van der Waals surface area (Å²) < 4.78 is 28.2. The van der Waals surface area contributed by atoms with Gasteiger partial charge in [-0.05, 0) is 36.4 Å². The van der Waals surface area contributed by atoms with Crippen LogP contribution in [0.5, 0.6) is 5.75 Å². The highest BCUT2D eigenvalue weighted by Crippen LogP contribution is 2.35. The quantitative estimate of drug-likeness (QED) is 0.409. The molecule has 0 unspecified atom stereocenters. The first-order valence-corrected chi connectivity index (χ1v) is 11.1. The molecular weight excluding hydrogens is 426 g/mol. The molecule has 0 amide bonds. The van der Waals surface area contributed by atoms with Crippen LogP contribution in [0.25, 0.3) is 22.2 Å². The fourth-order valence-electron chi connectivity index (χ4n) is 3.44. The predicted molar refractivity (Wildman–Crippen MR) is 122 cm³/mol. The number of phenolic OH excluding ortho intramolecular Hbond substituents is 1. The van der Waals surface area contributed by atoms with Gasteiger partial charge in [0.2, 0.25) is 9.84 Å². The maximum Gasteiger partial charge on any atom is 0.212 e. The third-order valence-electron chi connectivity index (χ3n) is 5.00. The average molecular weight is 443 g/mol. The number of phenols is 1. The number of rotatable bonds is 4. The fraction of sp³-hybridized carbons (Fsp3) is 0. The topological polar surface area (TPSA) is 123 Å². The van der Waals surface area contributed by atoms with Gasteiger partial charge in [-0.25, -0.2) is 18.4 Å². The van der Waals surface area contributed by atoms with Crippen molar-refractivity contribution in [3.63, 3.8) is 0 Å². The lowest BCUT2D eigenvalue weighted by atomic mass is 10.2. The van der Waals surface area contributed by atoms with Gasteiger partial charge in [0, 0.05) is 5.56 Å². The van der Waals surface area contributed by atoms with Crippen LogP contribution in [0.2, 0.25) is 0 Å². The van der Waals surface area contributed by atoms with Gasteiger partial charge >= 0.3 is 0 Å². The summed E-state index contributed by atoms with van der Waals surface area (Å²) in [4.78, 5) is 9.07. The zero-order valence-electron chi connectivity index (χ0n) is 16.6. The molecule has 5 aromatic rings. The summed E-state index contributed by atoms with van der Waals surface area (Å²) in [5.41, 5.74) is 8.20. The van der Waals surface area contributed by atoms with Crippen molar-refractivity contribution in [2.24, 2.45) is 5.10 Å². The maximum absolute atomic E-state index is 13.5. The molecule has 9 heteroatoms. The number of anilines is 1. The highest BCUT2D eigenvalue weighted by molar-refractivity contribution is 7.92. The molecule has 158 valence electrons. The van der Waals surface area contributed by atoms with Gasteiger partial charge in [0.1, 0.15) is 22.0 Å². The van der Waals surface area contributed by atoms with Crippen molar-refractivity contribution in [2.75, 3.05) is 5.73 Å². The average Bonchev–Trinajstić information content (AvgIpc) is 3.08. The van der Waals surface area contributed by atoms with Gasteiger partial charge in [-0.2, -0.15) is 9.78 Å². The number of hydrogen-bond donors (Lipinski definition) is 2. The van der Waals surface area contributed by atoms with Crippen LogP contribution in [-0.4, -0.2) is 34.4 Å². The van der Waals surface area contributed by atoms with Gasteiger partial charge in [-0.15, -0.1) is 0 Å². The highest BCUT2D eigenvalue weighted by atomic mass is 32.2. The lowest BCUT2D eigenvalue weighted by Crippen LogP contribution is -2.06. The number of sulfone groups is 1. The van der Waals surface area contributed by atoms with Crippen molar-refractivity contribution in [3.8, 4) is 5.75 Å². The fourth-order valence-corrected chi connectivity index (χ4v) is 4.94. The summed E-state index contributed by atoms with van der Waals surface area (Å²) in [5, 5.41) is 14.4. The molecule has 0 aliphatic rings. The second kappa shape index (κ2) is 7.47. The Hall–Kier alpha value is -4.24. The minimum Gasteiger partial charge on any atom is -0.507 e. The Labute approximate surface area is 183 Å². The van der Waals surface area contributed by atoms with Crippen LogP contribution in [0.4, 0.5) is 5.82 Å². The van der Waals surface area contributed by atoms with E-state index < -0.39 is 9.84 Å². The Morgan fingerprint density at radius 2 is 1.50 bits per heavy atom. The molecule has 0 saturated carbocycles. The summed E-state index contributed by atoms with van der Waals surface area (Å²) in [5.74, 6) is -0.0919. The van der Waals surface area contributed by atoms with Crippen LogP contribution in [-0.2, 0) is 9.84 Å². The Bertz CT molecular complexity index is 1610. The van der Waals surface area contributed by atoms with Crippen LogP contribution in [0, 0.1) is 0 Å². The van der Waals surface area contributed by atoms with Gasteiger partial charge in [0.15, 0.2) is 5.65 Å². The van der Waals surface area contributed by atoms with Crippen molar-refractivity contribution in [2.45, 2.75) is 9.79 Å². The zero-order chi connectivity index (χ0) is 22.3. The van der Waals surface area contributed by atoms with E-state index in [1.165, 1.54) is 29.1 Å². The highest BCUT2D eigenvalue weighted by Gasteiger charge is 2.30. The molecule has 32 heavy (non-hydrogen) atoms. The smallest absolute Gasteiger partial charge is 0.212 e. The minimum absolute atomic E-state index is 0.0277. The van der Waals surface area contributed by atoms with Gasteiger partial charge in [0.25, 0.3) is 0 Å². The number of hydrogen-bond acceptors (Lipinski definition) is 7. The van der Waals surface area contributed by atoms with Gasteiger partial charge in [-0.3, -0.25) is 0 Å². The molecule has 2 heterocycles. The molecule has 8 nitrogen and oxygen atoms in total. The van der Waals surface area contributed by atoms with E-state index in [-0.39, 0.29) is 32.5 Å². The van der Waals surface area contributed by atoms with E-state index in [2.05, 4.69) is 15.1 Å². The Morgan fingerprint density at radius 1 is 0.875 bits per heavy atom. The summed E-state index contributed by atoms with van der Waals surface area (Å²) >= 11 is 0. The van der Waals surface area contributed by atoms with Crippen molar-refractivity contribution >= 4 is 44.1 Å². The molecular formula is C23H17N5O3S. The molecule has 3 aromatic carbocycles. The minimum atomic E-state index is -4.01. The van der Waals surface area contributed by atoms with Crippen LogP contribution in [0.3, 0.4) is 0 Å². The second-order valence-corrected chi connectivity index (χ2v) is 8.92. The molecule has 0 aliphatic heterocycles. The molecule has 5 rings (SSSR count). The van der Waals surface area contributed by atoms with E-state index in [0.29, 0.717) is 16.6 Å². The number of nitrogens with zero attached hydrogens (tertiary/aromatic N) is 4. The third-order valence-corrected chi connectivity index (χ3v) is 6.83. The molecule has 0 saturated heterocycles. The monoisotopic (exact) mass is 443 g/mol. The zero-order valence-corrected chi connectivity index (χ0v) is 17.4. The largest absolute Gasteiger partial charge is 0.507 e. The normalized spacial score (nSPS) is 12.1. The Balaban J connectivity index is 1.82. The number of benzene rings is 3. The molecule has 3 N–H and O–H groups in total. The van der Waals surface area contributed by atoms with Crippen LogP contribution >= 0.6 is 0 Å². The number of para-hydroxylation sites is 3. The van der Waals surface area contributed by atoms with Crippen molar-refractivity contribution in [1.82, 2.24) is 14.6 Å².